The normalized spacial score (nSPS) is 10.7. The van der Waals surface area contributed by atoms with Crippen LogP contribution in [0.1, 0.15) is 17.0 Å². The summed E-state index contributed by atoms with van der Waals surface area (Å²) in [6.45, 7) is 10.0. The predicted octanol–water partition coefficient (Wildman–Crippen LogP) is 6.37. The minimum Gasteiger partial charge on any atom is -0.303 e. The van der Waals surface area contributed by atoms with Crippen molar-refractivity contribution in [2.24, 2.45) is 0 Å². The zero-order valence-electron chi connectivity index (χ0n) is 17.3. The van der Waals surface area contributed by atoms with Crippen LogP contribution < -0.4 is 0 Å². The first-order chi connectivity index (χ1) is 14.7. The second-order valence-electron chi connectivity index (χ2n) is 7.19. The number of rotatable bonds is 7. The van der Waals surface area contributed by atoms with Gasteiger partial charge in [0.1, 0.15) is 5.82 Å². The van der Waals surface area contributed by atoms with Crippen LogP contribution in [0.4, 0.5) is 0 Å². The smallest absolute Gasteiger partial charge is 0.110 e. The van der Waals surface area contributed by atoms with Gasteiger partial charge in [0, 0.05) is 24.2 Å². The fraction of sp³-hybridized carbons (Fsp3) is 0.111. The van der Waals surface area contributed by atoms with Crippen molar-refractivity contribution in [3.8, 4) is 28.1 Å². The highest BCUT2D eigenvalue weighted by atomic mass is 15.1. The fourth-order valence-corrected chi connectivity index (χ4v) is 3.99. The van der Waals surface area contributed by atoms with Crippen molar-refractivity contribution in [2.45, 2.75) is 19.8 Å². The Morgan fingerprint density at radius 1 is 0.867 bits per heavy atom. The van der Waals surface area contributed by atoms with Crippen molar-refractivity contribution in [2.75, 3.05) is 0 Å². The topological polar surface area (TPSA) is 30.7 Å². The van der Waals surface area contributed by atoms with Gasteiger partial charge in [-0.15, -0.1) is 13.2 Å². The summed E-state index contributed by atoms with van der Waals surface area (Å²) in [5, 5.41) is 0. The lowest BCUT2D eigenvalue weighted by atomic mass is 9.85. The summed E-state index contributed by atoms with van der Waals surface area (Å²) in [4.78, 5) is 9.20. The highest BCUT2D eigenvalue weighted by Gasteiger charge is 2.22. The molecule has 4 aromatic rings. The highest BCUT2D eigenvalue weighted by molar-refractivity contribution is 5.91. The average molecular weight is 392 g/mol. The van der Waals surface area contributed by atoms with E-state index in [0.717, 1.165) is 35.6 Å². The lowest BCUT2D eigenvalue weighted by Crippen LogP contribution is -2.07. The fourth-order valence-electron chi connectivity index (χ4n) is 3.99. The molecular weight excluding hydrogens is 366 g/mol. The number of aromatic nitrogens is 3. The Morgan fingerprint density at radius 3 is 2.27 bits per heavy atom. The molecule has 4 rings (SSSR count). The maximum atomic E-state index is 4.73. The van der Waals surface area contributed by atoms with E-state index in [0.29, 0.717) is 0 Å². The first-order valence-corrected chi connectivity index (χ1v) is 10.1. The molecule has 3 heteroatoms. The Kier molecular flexibility index (Phi) is 5.71. The molecule has 0 radical (unpaired) electrons. The van der Waals surface area contributed by atoms with Crippen LogP contribution in [-0.2, 0) is 12.8 Å². The van der Waals surface area contributed by atoms with E-state index < -0.39 is 0 Å². The van der Waals surface area contributed by atoms with Gasteiger partial charge in [0.25, 0.3) is 0 Å². The quantitative estimate of drug-likeness (QED) is 0.343. The first kappa shape index (κ1) is 19.6. The summed E-state index contributed by atoms with van der Waals surface area (Å²) < 4.78 is 2.14. The molecule has 2 aromatic carbocycles. The van der Waals surface area contributed by atoms with E-state index in [1.54, 1.807) is 0 Å². The molecule has 0 saturated heterocycles. The van der Waals surface area contributed by atoms with E-state index in [2.05, 4.69) is 59.1 Å². The maximum absolute atomic E-state index is 4.73. The number of hydrogen-bond acceptors (Lipinski definition) is 2. The van der Waals surface area contributed by atoms with Crippen molar-refractivity contribution in [3.05, 3.63) is 115 Å². The van der Waals surface area contributed by atoms with Gasteiger partial charge in [-0.2, -0.15) is 0 Å². The number of hydrogen-bond donors (Lipinski definition) is 0. The van der Waals surface area contributed by atoms with E-state index in [-0.39, 0.29) is 0 Å². The number of aryl methyl sites for hydroxylation is 1. The van der Waals surface area contributed by atoms with Crippen LogP contribution in [0.5, 0.6) is 0 Å². The third kappa shape index (κ3) is 3.62. The number of benzene rings is 2. The Labute approximate surface area is 178 Å². The van der Waals surface area contributed by atoms with E-state index in [1.807, 2.05) is 55.9 Å². The molecule has 0 atom stereocenters. The number of nitrogens with zero attached hydrogens (tertiary/aromatic N) is 3. The summed E-state index contributed by atoms with van der Waals surface area (Å²) in [6, 6.07) is 18.8. The van der Waals surface area contributed by atoms with Gasteiger partial charge in [0.05, 0.1) is 11.4 Å². The molecule has 0 aliphatic heterocycles. The summed E-state index contributed by atoms with van der Waals surface area (Å²) in [6.07, 6.45) is 11.2. The highest BCUT2D eigenvalue weighted by Crippen LogP contribution is 2.41. The molecule has 148 valence electrons. The molecule has 0 amide bonds. The van der Waals surface area contributed by atoms with E-state index in [1.165, 1.54) is 22.3 Å². The lowest BCUT2D eigenvalue weighted by Gasteiger charge is -2.23. The molecule has 0 aliphatic carbocycles. The van der Waals surface area contributed by atoms with E-state index in [9.17, 15) is 0 Å². The zero-order chi connectivity index (χ0) is 20.9. The Hall–Kier alpha value is -3.72. The van der Waals surface area contributed by atoms with Gasteiger partial charge in [-0.05, 0) is 60.2 Å². The van der Waals surface area contributed by atoms with Gasteiger partial charge < -0.3 is 4.57 Å². The number of allylic oxidation sites excluding steroid dienone is 2. The van der Waals surface area contributed by atoms with Crippen LogP contribution in [0, 0.1) is 6.92 Å². The molecule has 0 aliphatic rings. The minimum atomic E-state index is 0.774. The maximum Gasteiger partial charge on any atom is 0.110 e. The van der Waals surface area contributed by atoms with Gasteiger partial charge in [-0.25, -0.2) is 4.98 Å². The SMILES string of the molecule is C=CCc1cc(-n2ccnc2C)c(-c2ccccn2)c(-c2ccccc2)c1CC=C. The van der Waals surface area contributed by atoms with Crippen molar-refractivity contribution in [1.82, 2.24) is 14.5 Å². The molecule has 0 saturated carbocycles. The van der Waals surface area contributed by atoms with Gasteiger partial charge in [-0.1, -0.05) is 48.6 Å². The number of imidazole rings is 1. The average Bonchev–Trinajstić information content (AvgIpc) is 3.21. The van der Waals surface area contributed by atoms with E-state index >= 15 is 0 Å². The Morgan fingerprint density at radius 2 is 1.63 bits per heavy atom. The van der Waals surface area contributed by atoms with Gasteiger partial charge in [0.2, 0.25) is 0 Å². The molecule has 0 spiro atoms. The van der Waals surface area contributed by atoms with Crippen molar-refractivity contribution in [1.29, 1.82) is 0 Å². The zero-order valence-corrected chi connectivity index (χ0v) is 17.3. The van der Waals surface area contributed by atoms with Gasteiger partial charge >= 0.3 is 0 Å². The van der Waals surface area contributed by atoms with Crippen LogP contribution in [0.3, 0.4) is 0 Å². The molecule has 2 heterocycles. The molecule has 0 unspecified atom stereocenters. The summed E-state index contributed by atoms with van der Waals surface area (Å²) in [5.41, 5.74) is 7.98. The van der Waals surface area contributed by atoms with Crippen LogP contribution in [0.15, 0.2) is 98.5 Å². The minimum absolute atomic E-state index is 0.774. The summed E-state index contributed by atoms with van der Waals surface area (Å²) >= 11 is 0. The van der Waals surface area contributed by atoms with Gasteiger partial charge in [-0.3, -0.25) is 4.98 Å². The van der Waals surface area contributed by atoms with Crippen molar-refractivity contribution < 1.29 is 0 Å². The second-order valence-corrected chi connectivity index (χ2v) is 7.19. The third-order valence-electron chi connectivity index (χ3n) is 5.29. The number of pyridine rings is 1. The van der Waals surface area contributed by atoms with Crippen LogP contribution in [0.25, 0.3) is 28.1 Å². The van der Waals surface area contributed by atoms with E-state index in [4.69, 9.17) is 4.98 Å². The van der Waals surface area contributed by atoms with Gasteiger partial charge in [0.15, 0.2) is 0 Å². The molecule has 3 nitrogen and oxygen atoms in total. The third-order valence-corrected chi connectivity index (χ3v) is 5.29. The lowest BCUT2D eigenvalue weighted by molar-refractivity contribution is 0.968. The largest absolute Gasteiger partial charge is 0.303 e. The Bertz CT molecular complexity index is 1170. The monoisotopic (exact) mass is 391 g/mol. The predicted molar refractivity (Wildman–Crippen MR) is 125 cm³/mol. The first-order valence-electron chi connectivity index (χ1n) is 10.1. The molecule has 30 heavy (non-hydrogen) atoms. The van der Waals surface area contributed by atoms with Crippen molar-refractivity contribution in [3.63, 3.8) is 0 Å². The molecule has 2 aromatic heterocycles. The van der Waals surface area contributed by atoms with Crippen LogP contribution in [0.2, 0.25) is 0 Å². The summed E-state index contributed by atoms with van der Waals surface area (Å²) in [5.74, 6) is 0.937. The second kappa shape index (κ2) is 8.75. The Balaban J connectivity index is 2.18. The van der Waals surface area contributed by atoms with Crippen LogP contribution in [-0.4, -0.2) is 14.5 Å². The van der Waals surface area contributed by atoms with Crippen molar-refractivity contribution >= 4 is 0 Å². The standard InChI is InChI=1S/C27H25N3/c1-4-11-22-19-25(30-18-17-28-20(30)3)27(24-15-9-10-16-29-24)26(23(22)12-5-2)21-13-7-6-8-14-21/h4-10,13-19H,1-2,11-12H2,3H3. The molecule has 0 bridgehead atoms. The summed E-state index contributed by atoms with van der Waals surface area (Å²) in [7, 11) is 0. The molecule has 0 N–H and O–H groups in total. The van der Waals surface area contributed by atoms with Crippen LogP contribution >= 0.6 is 0 Å². The molecule has 0 fully saturated rings. The molecular formula is C27H25N3.